The minimum atomic E-state index is -0.181. The molecule has 2 aliphatic rings. The Kier molecular flexibility index (Phi) is 4.74. The Morgan fingerprint density at radius 2 is 2.08 bits per heavy atom. The number of amides is 1. The van der Waals surface area contributed by atoms with Crippen molar-refractivity contribution in [3.8, 4) is 5.69 Å². The van der Waals surface area contributed by atoms with Gasteiger partial charge < -0.3 is 14.4 Å². The number of rotatable bonds is 3. The maximum atomic E-state index is 12.8. The van der Waals surface area contributed by atoms with E-state index in [2.05, 4.69) is 5.10 Å². The van der Waals surface area contributed by atoms with Crippen LogP contribution < -0.4 is 0 Å². The fraction of sp³-hybridized carbons (Fsp3) is 0.444. The number of halogens is 1. The summed E-state index contributed by atoms with van der Waals surface area (Å²) in [7, 11) is 0. The molecule has 7 heteroatoms. The first-order valence-electron chi connectivity index (χ1n) is 8.55. The van der Waals surface area contributed by atoms with Crippen molar-refractivity contribution in [1.29, 1.82) is 0 Å². The fourth-order valence-corrected chi connectivity index (χ4v) is 3.61. The molecule has 1 atom stereocenters. The quantitative estimate of drug-likeness (QED) is 0.843. The molecule has 0 saturated carbocycles. The van der Waals surface area contributed by atoms with E-state index in [4.69, 9.17) is 21.1 Å². The highest BCUT2D eigenvalue weighted by Gasteiger charge is 2.33. The second-order valence-electron chi connectivity index (χ2n) is 6.39. The van der Waals surface area contributed by atoms with Gasteiger partial charge in [-0.15, -0.1) is 0 Å². The van der Waals surface area contributed by atoms with Crippen molar-refractivity contribution in [2.45, 2.75) is 19.1 Å². The van der Waals surface area contributed by atoms with Gasteiger partial charge in [-0.2, -0.15) is 5.10 Å². The molecular weight excluding hydrogens is 342 g/mol. The van der Waals surface area contributed by atoms with Crippen molar-refractivity contribution in [1.82, 2.24) is 14.7 Å². The minimum Gasteiger partial charge on any atom is -0.350 e. The molecule has 2 aliphatic heterocycles. The molecule has 0 aliphatic carbocycles. The van der Waals surface area contributed by atoms with E-state index in [0.717, 1.165) is 25.1 Å². The lowest BCUT2D eigenvalue weighted by Crippen LogP contribution is -2.44. The van der Waals surface area contributed by atoms with Gasteiger partial charge in [0.15, 0.2) is 12.0 Å². The third-order valence-electron chi connectivity index (χ3n) is 4.66. The molecule has 2 aromatic rings. The molecule has 0 radical (unpaired) electrons. The van der Waals surface area contributed by atoms with E-state index in [-0.39, 0.29) is 18.1 Å². The zero-order chi connectivity index (χ0) is 17.2. The molecular formula is C18H20ClN3O3. The van der Waals surface area contributed by atoms with E-state index < -0.39 is 0 Å². The fourth-order valence-electron chi connectivity index (χ4n) is 3.43. The van der Waals surface area contributed by atoms with Gasteiger partial charge in [0.25, 0.3) is 5.91 Å². The predicted octanol–water partition coefficient (Wildman–Crippen LogP) is 2.75. The zero-order valence-electron chi connectivity index (χ0n) is 13.8. The molecule has 1 aromatic carbocycles. The Bertz CT molecular complexity index is 758. The predicted molar refractivity (Wildman–Crippen MR) is 92.9 cm³/mol. The molecule has 2 fully saturated rings. The number of likely N-dealkylation sites (tertiary alicyclic amines) is 1. The van der Waals surface area contributed by atoms with Crippen LogP contribution in [0.3, 0.4) is 0 Å². The Morgan fingerprint density at radius 1 is 1.24 bits per heavy atom. The summed E-state index contributed by atoms with van der Waals surface area (Å²) in [6.07, 6.45) is 3.57. The third kappa shape index (κ3) is 3.56. The number of hydrogen-bond donors (Lipinski definition) is 0. The molecule has 0 N–H and O–H groups in total. The van der Waals surface area contributed by atoms with Crippen LogP contribution in [0.1, 0.15) is 23.3 Å². The lowest BCUT2D eigenvalue weighted by Gasteiger charge is -2.34. The van der Waals surface area contributed by atoms with Gasteiger partial charge in [-0.3, -0.25) is 4.79 Å². The maximum Gasteiger partial charge on any atom is 0.274 e. The summed E-state index contributed by atoms with van der Waals surface area (Å²) in [5.74, 6) is 0.179. The van der Waals surface area contributed by atoms with E-state index in [9.17, 15) is 4.79 Å². The van der Waals surface area contributed by atoms with E-state index in [1.54, 1.807) is 16.9 Å². The van der Waals surface area contributed by atoms with Crippen LogP contribution in [0.5, 0.6) is 0 Å². The van der Waals surface area contributed by atoms with Crippen LogP contribution in [0.25, 0.3) is 5.69 Å². The smallest absolute Gasteiger partial charge is 0.274 e. The summed E-state index contributed by atoms with van der Waals surface area (Å²) >= 11 is 6.02. The van der Waals surface area contributed by atoms with Gasteiger partial charge in [-0.25, -0.2) is 4.68 Å². The molecule has 1 amide bonds. The lowest BCUT2D eigenvalue weighted by atomic mass is 9.97. The number of aromatic nitrogens is 2. The molecule has 1 aromatic heterocycles. The van der Waals surface area contributed by atoms with Gasteiger partial charge in [0.2, 0.25) is 0 Å². The second-order valence-corrected chi connectivity index (χ2v) is 6.83. The molecule has 1 unspecified atom stereocenters. The Hall–Kier alpha value is -1.89. The number of hydrogen-bond acceptors (Lipinski definition) is 4. The van der Waals surface area contributed by atoms with Gasteiger partial charge in [-0.05, 0) is 37.1 Å². The highest BCUT2D eigenvalue weighted by Crippen LogP contribution is 2.25. The van der Waals surface area contributed by atoms with E-state index >= 15 is 0 Å². The van der Waals surface area contributed by atoms with Gasteiger partial charge in [0, 0.05) is 30.2 Å². The van der Waals surface area contributed by atoms with Crippen LogP contribution >= 0.6 is 11.6 Å². The summed E-state index contributed by atoms with van der Waals surface area (Å²) < 4.78 is 12.9. The van der Waals surface area contributed by atoms with Crippen LogP contribution in [-0.4, -0.2) is 53.2 Å². The number of carbonyl (C=O) groups excluding carboxylic acids is 1. The first kappa shape index (κ1) is 16.6. The molecule has 4 rings (SSSR count). The van der Waals surface area contributed by atoms with Crippen LogP contribution in [0.4, 0.5) is 0 Å². The van der Waals surface area contributed by atoms with Crippen molar-refractivity contribution in [3.63, 3.8) is 0 Å². The van der Waals surface area contributed by atoms with Crippen molar-refractivity contribution in [2.24, 2.45) is 5.92 Å². The van der Waals surface area contributed by atoms with Crippen LogP contribution in [0.2, 0.25) is 5.02 Å². The number of benzene rings is 1. The number of nitrogens with zero attached hydrogens (tertiary/aromatic N) is 3. The molecule has 6 nitrogen and oxygen atoms in total. The maximum absolute atomic E-state index is 12.8. The van der Waals surface area contributed by atoms with E-state index in [0.29, 0.717) is 30.5 Å². The largest absolute Gasteiger partial charge is 0.350 e. The number of carbonyl (C=O) groups is 1. The van der Waals surface area contributed by atoms with E-state index in [1.165, 1.54) is 0 Å². The van der Waals surface area contributed by atoms with Crippen molar-refractivity contribution in [3.05, 3.63) is 47.2 Å². The van der Waals surface area contributed by atoms with Gasteiger partial charge in [-0.1, -0.05) is 17.7 Å². The van der Waals surface area contributed by atoms with Crippen LogP contribution in [0, 0.1) is 5.92 Å². The summed E-state index contributed by atoms with van der Waals surface area (Å²) in [6, 6.07) is 9.13. The van der Waals surface area contributed by atoms with Gasteiger partial charge in [0.05, 0.1) is 18.9 Å². The molecule has 0 spiro atoms. The molecule has 0 bridgehead atoms. The molecule has 132 valence electrons. The van der Waals surface area contributed by atoms with Crippen molar-refractivity contribution < 1.29 is 14.3 Å². The van der Waals surface area contributed by atoms with Gasteiger partial charge >= 0.3 is 0 Å². The van der Waals surface area contributed by atoms with Crippen molar-refractivity contribution in [2.75, 3.05) is 26.3 Å². The highest BCUT2D eigenvalue weighted by molar-refractivity contribution is 6.30. The third-order valence-corrected chi connectivity index (χ3v) is 4.89. The SMILES string of the molecule is O=C(c1ccn(-c2cccc(Cl)c2)n1)N1CCCC(C2OCCO2)C1. The first-order valence-corrected chi connectivity index (χ1v) is 8.92. The Balaban J connectivity index is 1.47. The summed E-state index contributed by atoms with van der Waals surface area (Å²) in [6.45, 7) is 2.66. The molecule has 3 heterocycles. The van der Waals surface area contributed by atoms with Gasteiger partial charge in [0.1, 0.15) is 0 Å². The average Bonchev–Trinajstić information content (AvgIpc) is 3.33. The van der Waals surface area contributed by atoms with E-state index in [1.807, 2.05) is 29.2 Å². The zero-order valence-corrected chi connectivity index (χ0v) is 14.6. The Morgan fingerprint density at radius 3 is 2.88 bits per heavy atom. The summed E-state index contributed by atoms with van der Waals surface area (Å²) in [4.78, 5) is 14.7. The minimum absolute atomic E-state index is 0.0523. The average molecular weight is 362 g/mol. The first-order chi connectivity index (χ1) is 12.2. The number of ether oxygens (including phenoxy) is 2. The normalized spacial score (nSPS) is 21.6. The highest BCUT2D eigenvalue weighted by atomic mass is 35.5. The lowest BCUT2D eigenvalue weighted by molar-refractivity contribution is -0.0969. The van der Waals surface area contributed by atoms with Crippen LogP contribution in [0.15, 0.2) is 36.5 Å². The monoisotopic (exact) mass is 361 g/mol. The molecule has 25 heavy (non-hydrogen) atoms. The Labute approximate surface area is 151 Å². The van der Waals surface area contributed by atoms with Crippen LogP contribution in [-0.2, 0) is 9.47 Å². The summed E-state index contributed by atoms with van der Waals surface area (Å²) in [5.41, 5.74) is 1.27. The number of piperidine rings is 1. The topological polar surface area (TPSA) is 56.6 Å². The second kappa shape index (κ2) is 7.15. The van der Waals surface area contributed by atoms with Crippen molar-refractivity contribution >= 4 is 17.5 Å². The standard InChI is InChI=1S/C18H20ClN3O3/c19-14-4-1-5-15(11-14)22-8-6-16(20-22)17(23)21-7-2-3-13(12-21)18-24-9-10-25-18/h1,4-6,8,11,13,18H,2-3,7,9-10,12H2. The summed E-state index contributed by atoms with van der Waals surface area (Å²) in [5, 5.41) is 5.06. The molecule has 2 saturated heterocycles.